The Balaban J connectivity index is 0.000000186. The highest BCUT2D eigenvalue weighted by Gasteiger charge is 2.34. The van der Waals surface area contributed by atoms with Crippen molar-refractivity contribution in [2.45, 2.75) is 294 Å². The number of β-amino-alcohol motifs (C(OH)–C–C–N with tert-alkyl or cyclic N) is 1. The van der Waals surface area contributed by atoms with Gasteiger partial charge < -0.3 is 99.7 Å². The number of primary amides is 2. The van der Waals surface area contributed by atoms with Crippen LogP contribution in [-0.2, 0) is 77.4 Å². The molecule has 7 aromatic rings. The van der Waals surface area contributed by atoms with E-state index >= 15 is 0 Å². The molecular weight excluding hydrogens is 1750 g/mol. The number of aliphatic hydroxyl groups is 1. The van der Waals surface area contributed by atoms with Crippen LogP contribution >= 0.6 is 11.6 Å². The Morgan fingerprint density at radius 2 is 0.884 bits per heavy atom. The number of carbonyl (C=O) groups excluding carboxylic acids is 5. The van der Waals surface area contributed by atoms with E-state index in [1.54, 1.807) is 14.2 Å². The average molecular weight is 1920 g/mol. The molecule has 0 saturated carbocycles. The third-order valence-corrected chi connectivity index (χ3v) is 27.8. The lowest BCUT2D eigenvalue weighted by molar-refractivity contribution is -0.144. The monoisotopic (exact) mass is 1920 g/mol. The van der Waals surface area contributed by atoms with E-state index in [-0.39, 0.29) is 59.4 Å². The Morgan fingerprint density at radius 3 is 1.26 bits per heavy atom. The van der Waals surface area contributed by atoms with Crippen molar-refractivity contribution in [3.8, 4) is 11.5 Å². The minimum atomic E-state index is -0.720. The van der Waals surface area contributed by atoms with Gasteiger partial charge in [-0.2, -0.15) is 0 Å². The van der Waals surface area contributed by atoms with Gasteiger partial charge in [0, 0.05) is 84.5 Å². The number of Topliss-reactive ketones (excluding diaryl/α,β-unsaturated/α-hetero) is 1. The van der Waals surface area contributed by atoms with Crippen LogP contribution in [0.4, 0.5) is 5.69 Å². The summed E-state index contributed by atoms with van der Waals surface area (Å²) in [5.41, 5.74) is 24.1. The standard InChI is InChI=1S/C13H16ClNO.C13H19N.2C12H17NO.2C12H17N.C10H19NO2.C9H11N.2C5H10N2O.C5H9NO2.C4H7NO2/c14-11-5-2-1-4-10(11)7-8-13(16)12-6-3-9-15-12;1-13(2,12-9-6-10-14-12)11-7-4-3-5-8-11;2*1-14-12-7-3-2-5-10(12)9-11-6-4-8-13-11;2*1-10-5-2-3-6-11(10)9-12-7-4-8-13-12;1-2-3-7-13-10(12)8-9-5-4-6-11-9;1-7-6-8-4-2-3-5-9(8)10-7;2*6-5(8)4-1-2-7-3-4;7-5(8)4-2-1-3-6-4;6-3-1-4(7)5-2-3/h1-2,4-5,12,15H,3,6-9H2;3-5,7-8,12,14H,6,9-10H2,1-2H3;2*2-3,5,7,11,13H,4,6,8-9H2,1H3;2*2-3,5-6,12-13H,4,7-9H2,1H3;9,11H,2-8H2,1H3;2-5,7,10H,6H2,1H3;2*4,7H,1-3H2,(H2,6,8);4,6H,1-3H2,(H,7,8);3,6H,1-2H2,(H,5,7)/t;;11-;;12-;;;;2*4-;;3-/m..1.0...10.1/s1. The Morgan fingerprint density at radius 1 is 0.464 bits per heavy atom. The van der Waals surface area contributed by atoms with E-state index in [0.29, 0.717) is 62.0 Å². The number of carbonyl (C=O) groups is 6. The number of hydrogen-bond donors (Lipinski definition) is 16. The highest BCUT2D eigenvalue weighted by atomic mass is 35.5. The summed E-state index contributed by atoms with van der Waals surface area (Å²) in [5, 5.41) is 56.7. The summed E-state index contributed by atoms with van der Waals surface area (Å²) >= 11 is 6.04. The first-order valence-corrected chi connectivity index (χ1v) is 52.0. The number of aliphatic hydroxyl groups excluding tert-OH is 1. The number of benzene rings is 7. The number of ether oxygens (including phenoxy) is 3. The first-order chi connectivity index (χ1) is 66.9. The van der Waals surface area contributed by atoms with Gasteiger partial charge in [0.2, 0.25) is 17.7 Å². The second kappa shape index (κ2) is 65.7. The van der Waals surface area contributed by atoms with Gasteiger partial charge >= 0.3 is 11.9 Å². The Labute approximate surface area is 830 Å². The van der Waals surface area contributed by atoms with Crippen LogP contribution in [0.2, 0.25) is 5.02 Å². The molecule has 7 unspecified atom stereocenters. The first-order valence-electron chi connectivity index (χ1n) is 51.6. The molecule has 26 heteroatoms. The van der Waals surface area contributed by atoms with Gasteiger partial charge in [-0.05, 0) is 321 Å². The third kappa shape index (κ3) is 43.9. The zero-order valence-corrected chi connectivity index (χ0v) is 84.9. The number of carboxylic acids is 1. The molecule has 0 aromatic heterocycles. The zero-order chi connectivity index (χ0) is 98.9. The fourth-order valence-electron chi connectivity index (χ4n) is 19.0. The largest absolute Gasteiger partial charge is 0.496 e. The molecule has 0 aliphatic carbocycles. The number of aliphatic carboxylic acids is 1. The summed E-state index contributed by atoms with van der Waals surface area (Å²) in [6, 6.07) is 65.2. The molecule has 18 N–H and O–H groups in total. The number of hydrogen-bond acceptors (Lipinski definition) is 21. The fourth-order valence-corrected chi connectivity index (χ4v) is 19.2. The average Bonchev–Trinajstić information content (AvgIpc) is 1.60. The molecule has 19 rings (SSSR count). The number of methoxy groups -OCH3 is 2. The molecule has 760 valence electrons. The predicted octanol–water partition coefficient (Wildman–Crippen LogP) is 14.2. The predicted molar refractivity (Wildman–Crippen MR) is 561 cm³/mol. The fraction of sp³-hybridized carbons (Fsp3) is 0.571. The van der Waals surface area contributed by atoms with E-state index in [2.05, 4.69) is 233 Å². The minimum Gasteiger partial charge on any atom is -0.496 e. The van der Waals surface area contributed by atoms with Crippen LogP contribution in [0.15, 0.2) is 176 Å². The van der Waals surface area contributed by atoms with Crippen molar-refractivity contribution < 1.29 is 53.2 Å². The number of fused-ring (bicyclic) bond motifs is 1. The Hall–Kier alpha value is -9.19. The van der Waals surface area contributed by atoms with Crippen molar-refractivity contribution in [3.63, 3.8) is 0 Å². The summed E-state index contributed by atoms with van der Waals surface area (Å²) in [6.07, 6.45) is 30.7. The van der Waals surface area contributed by atoms with Gasteiger partial charge in [-0.15, -0.1) is 0 Å². The van der Waals surface area contributed by atoms with Gasteiger partial charge in [-0.3, -0.25) is 28.8 Å². The number of unbranched alkanes of at least 4 members (excludes halogenated alkanes) is 1. The number of amides is 3. The number of esters is 1. The molecule has 0 bridgehead atoms. The number of nitrogens with one attached hydrogen (secondary N) is 12. The number of aryl methyl sites for hydroxylation is 3. The second-order valence-electron chi connectivity index (χ2n) is 38.7. The molecule has 11 fully saturated rings. The van der Waals surface area contributed by atoms with Crippen LogP contribution in [-0.4, -0.2) is 212 Å². The van der Waals surface area contributed by atoms with E-state index in [1.165, 1.54) is 173 Å². The topological polar surface area (TPSA) is 367 Å². The summed E-state index contributed by atoms with van der Waals surface area (Å²) in [7, 11) is 3.47. The van der Waals surface area contributed by atoms with Crippen LogP contribution in [0.1, 0.15) is 225 Å². The van der Waals surface area contributed by atoms with E-state index in [9.17, 15) is 28.8 Å². The van der Waals surface area contributed by atoms with Crippen LogP contribution in [0, 0.1) is 25.7 Å². The minimum absolute atomic E-state index is 0.0483. The quantitative estimate of drug-likeness (QED) is 0.0197. The number of carboxylic acid groups (broad SMARTS) is 1. The normalized spacial score (nSPS) is 23.1. The Bertz CT molecular complexity index is 4360. The van der Waals surface area contributed by atoms with Gasteiger partial charge in [0.05, 0.1) is 57.6 Å². The smallest absolute Gasteiger partial charge is 0.320 e. The van der Waals surface area contributed by atoms with Crippen molar-refractivity contribution in [2.24, 2.45) is 23.3 Å². The molecule has 12 heterocycles. The summed E-state index contributed by atoms with van der Waals surface area (Å²) in [4.78, 5) is 64.1. The molecule has 138 heavy (non-hydrogen) atoms. The van der Waals surface area contributed by atoms with E-state index in [1.807, 2.05) is 48.5 Å². The van der Waals surface area contributed by atoms with Gasteiger partial charge in [0.25, 0.3) is 0 Å². The molecule has 11 saturated heterocycles. The molecule has 0 radical (unpaired) electrons. The van der Waals surface area contributed by atoms with Gasteiger partial charge in [-0.1, -0.05) is 190 Å². The van der Waals surface area contributed by atoms with Crippen molar-refractivity contribution in [1.29, 1.82) is 0 Å². The van der Waals surface area contributed by atoms with Crippen molar-refractivity contribution >= 4 is 52.7 Å². The molecule has 7 aromatic carbocycles. The van der Waals surface area contributed by atoms with E-state index in [4.69, 9.17) is 47.5 Å². The highest BCUT2D eigenvalue weighted by molar-refractivity contribution is 6.31. The summed E-state index contributed by atoms with van der Waals surface area (Å²) in [6.45, 7) is 26.6. The molecule has 12 atom stereocenters. The zero-order valence-electron chi connectivity index (χ0n) is 84.2. The van der Waals surface area contributed by atoms with Crippen LogP contribution < -0.4 is 84.7 Å². The molecule has 25 nitrogen and oxygen atoms in total. The number of halogens is 1. The second-order valence-corrected chi connectivity index (χ2v) is 39.1. The van der Waals surface area contributed by atoms with Gasteiger partial charge in [-0.25, -0.2) is 0 Å². The molecule has 3 amide bonds. The van der Waals surface area contributed by atoms with Crippen molar-refractivity contribution in [2.75, 3.05) is 111 Å². The Kier molecular flexibility index (Phi) is 54.3. The lowest BCUT2D eigenvalue weighted by Gasteiger charge is -2.32. The first kappa shape index (κ1) is 114. The maximum absolute atomic E-state index is 11.8. The SMILES string of the molecule is CC(C)(c1ccccc1)C1CCCN1.CC1Cc2ccccc2N1.CCCCOC(=O)CC1CCCN1.COc1ccccc1CC1CCCN1.COc1ccccc1C[C@H]1CCCN1.Cc1ccccc1CC1CCCN1.Cc1ccccc1C[C@@H]1CCCN1.NC(=O)[C@@H]1CCNC1.NC(=O)[C@H]1CCNC1.O=C(CCc1ccccc1Cl)C1CCCN1.O=C(O)C1CCCN1.O=C1C[C@@H](O)CN1. The van der Waals surface area contributed by atoms with Crippen molar-refractivity contribution in [1.82, 2.24) is 58.5 Å². The lowest BCUT2D eigenvalue weighted by Crippen LogP contribution is -2.40. The number of para-hydroxylation sites is 3. The maximum atomic E-state index is 11.8. The van der Waals surface area contributed by atoms with Crippen LogP contribution in [0.5, 0.6) is 11.5 Å². The van der Waals surface area contributed by atoms with Crippen LogP contribution in [0.25, 0.3) is 0 Å². The number of ketones is 1. The maximum Gasteiger partial charge on any atom is 0.320 e. The van der Waals surface area contributed by atoms with Gasteiger partial charge in [0.15, 0.2) is 0 Å². The van der Waals surface area contributed by atoms with E-state index < -0.39 is 12.1 Å². The molecular formula is C112H169ClN14O11. The summed E-state index contributed by atoms with van der Waals surface area (Å²) in [5.74, 6) is 1.37. The number of rotatable bonds is 24. The highest BCUT2D eigenvalue weighted by Crippen LogP contribution is 2.32. The lowest BCUT2D eigenvalue weighted by atomic mass is 9.77. The van der Waals surface area contributed by atoms with Crippen LogP contribution in [0.3, 0.4) is 0 Å². The third-order valence-electron chi connectivity index (χ3n) is 27.4. The number of anilines is 1. The molecule has 12 aliphatic heterocycles. The molecule has 0 spiro atoms. The summed E-state index contributed by atoms with van der Waals surface area (Å²) < 4.78 is 15.7. The van der Waals surface area contributed by atoms with E-state index in [0.717, 1.165) is 157 Å². The van der Waals surface area contributed by atoms with Crippen molar-refractivity contribution in [3.05, 3.63) is 231 Å². The number of nitrogens with two attached hydrogens (primary N) is 2. The molecule has 12 aliphatic rings. The van der Waals surface area contributed by atoms with Gasteiger partial charge in [0.1, 0.15) is 23.3 Å².